The summed E-state index contributed by atoms with van der Waals surface area (Å²) < 4.78 is 0. The fourth-order valence-corrected chi connectivity index (χ4v) is 2.81. The number of aliphatic hydroxyl groups excluding tert-OH is 1. The molecule has 0 aliphatic carbocycles. The van der Waals surface area contributed by atoms with Crippen LogP contribution in [-0.2, 0) is 5.41 Å². The maximum Gasteiger partial charge on any atom is 0.317 e. The zero-order chi connectivity index (χ0) is 16.3. The molecule has 1 aromatic carbocycles. The molecule has 0 saturated carbocycles. The summed E-state index contributed by atoms with van der Waals surface area (Å²) in [6.45, 7) is 9.48. The standard InChI is InChI=1S/C18H28N2O2/c1-13-10-11-20(12-16(13)21)17(22)19-14(2)18(3,4)15-8-6-5-7-9-15/h5-9,13-14,16,21H,10-12H2,1-4H3,(H,19,22). The van der Waals surface area contributed by atoms with Crippen molar-refractivity contribution >= 4 is 6.03 Å². The molecule has 1 aliphatic rings. The van der Waals surface area contributed by atoms with E-state index in [4.69, 9.17) is 0 Å². The van der Waals surface area contributed by atoms with Gasteiger partial charge in [0, 0.05) is 24.5 Å². The maximum atomic E-state index is 12.4. The fraction of sp³-hybridized carbons (Fsp3) is 0.611. The third-order valence-corrected chi connectivity index (χ3v) is 5.15. The van der Waals surface area contributed by atoms with Crippen molar-refractivity contribution in [3.05, 3.63) is 35.9 Å². The minimum atomic E-state index is -0.420. The van der Waals surface area contributed by atoms with Gasteiger partial charge in [0.2, 0.25) is 0 Å². The molecule has 1 aromatic rings. The van der Waals surface area contributed by atoms with Crippen LogP contribution in [0, 0.1) is 5.92 Å². The average Bonchev–Trinajstić information content (AvgIpc) is 2.50. The van der Waals surface area contributed by atoms with Gasteiger partial charge in [0.25, 0.3) is 0 Å². The van der Waals surface area contributed by atoms with Gasteiger partial charge in [-0.2, -0.15) is 0 Å². The molecule has 3 unspecified atom stereocenters. The largest absolute Gasteiger partial charge is 0.391 e. The lowest BCUT2D eigenvalue weighted by Gasteiger charge is -2.38. The Labute approximate surface area is 133 Å². The van der Waals surface area contributed by atoms with E-state index in [2.05, 4.69) is 31.3 Å². The van der Waals surface area contributed by atoms with Crippen molar-refractivity contribution in [1.29, 1.82) is 0 Å². The highest BCUT2D eigenvalue weighted by Gasteiger charge is 2.32. The molecular weight excluding hydrogens is 276 g/mol. The lowest BCUT2D eigenvalue weighted by Crippen LogP contribution is -2.54. The van der Waals surface area contributed by atoms with Crippen LogP contribution in [0.4, 0.5) is 4.79 Å². The van der Waals surface area contributed by atoms with E-state index >= 15 is 0 Å². The molecule has 1 aliphatic heterocycles. The molecule has 122 valence electrons. The Bertz CT molecular complexity index is 501. The summed E-state index contributed by atoms with van der Waals surface area (Å²) in [4.78, 5) is 14.2. The number of benzene rings is 1. The fourth-order valence-electron chi connectivity index (χ4n) is 2.81. The van der Waals surface area contributed by atoms with Gasteiger partial charge in [0.15, 0.2) is 0 Å². The van der Waals surface area contributed by atoms with Gasteiger partial charge in [0.05, 0.1) is 6.10 Å². The number of piperidine rings is 1. The summed E-state index contributed by atoms with van der Waals surface area (Å²) in [5.41, 5.74) is 1.05. The minimum Gasteiger partial charge on any atom is -0.391 e. The molecular formula is C18H28N2O2. The predicted octanol–water partition coefficient (Wildman–Crippen LogP) is 2.77. The summed E-state index contributed by atoms with van der Waals surface area (Å²) in [7, 11) is 0. The van der Waals surface area contributed by atoms with Crippen LogP contribution in [0.2, 0.25) is 0 Å². The van der Waals surface area contributed by atoms with E-state index in [0.29, 0.717) is 13.1 Å². The first-order valence-corrected chi connectivity index (χ1v) is 8.11. The predicted molar refractivity (Wildman–Crippen MR) is 88.8 cm³/mol. The Hall–Kier alpha value is -1.55. The third-order valence-electron chi connectivity index (χ3n) is 5.15. The second-order valence-corrected chi connectivity index (χ2v) is 7.04. The van der Waals surface area contributed by atoms with Crippen molar-refractivity contribution in [3.8, 4) is 0 Å². The molecule has 0 radical (unpaired) electrons. The molecule has 0 spiro atoms. The summed E-state index contributed by atoms with van der Waals surface area (Å²) in [6, 6.07) is 10.1. The van der Waals surface area contributed by atoms with Crippen LogP contribution in [0.1, 0.15) is 39.7 Å². The van der Waals surface area contributed by atoms with E-state index in [1.165, 1.54) is 5.56 Å². The average molecular weight is 304 g/mol. The molecule has 1 heterocycles. The highest BCUT2D eigenvalue weighted by atomic mass is 16.3. The Balaban J connectivity index is 1.99. The molecule has 4 heteroatoms. The second kappa shape index (κ2) is 6.69. The number of likely N-dealkylation sites (tertiary alicyclic amines) is 1. The Morgan fingerprint density at radius 2 is 2.00 bits per heavy atom. The van der Waals surface area contributed by atoms with E-state index in [1.807, 2.05) is 32.0 Å². The minimum absolute atomic E-state index is 0.00103. The van der Waals surface area contributed by atoms with Gasteiger partial charge in [-0.3, -0.25) is 0 Å². The number of rotatable bonds is 3. The van der Waals surface area contributed by atoms with Gasteiger partial charge in [0.1, 0.15) is 0 Å². The lowest BCUT2D eigenvalue weighted by molar-refractivity contribution is 0.0426. The topological polar surface area (TPSA) is 52.6 Å². The van der Waals surface area contributed by atoms with Crippen LogP contribution < -0.4 is 5.32 Å². The monoisotopic (exact) mass is 304 g/mol. The van der Waals surface area contributed by atoms with Crippen LogP contribution in [0.15, 0.2) is 30.3 Å². The molecule has 2 N–H and O–H groups in total. The SMILES string of the molecule is CC1CCN(C(=O)NC(C)C(C)(C)c2ccccc2)CC1O. The van der Waals surface area contributed by atoms with Gasteiger partial charge < -0.3 is 15.3 Å². The zero-order valence-corrected chi connectivity index (χ0v) is 14.0. The van der Waals surface area contributed by atoms with Crippen molar-refractivity contribution in [3.63, 3.8) is 0 Å². The van der Waals surface area contributed by atoms with Crippen LogP contribution >= 0.6 is 0 Å². The molecule has 1 saturated heterocycles. The molecule has 2 amide bonds. The van der Waals surface area contributed by atoms with Gasteiger partial charge in [-0.15, -0.1) is 0 Å². The molecule has 4 nitrogen and oxygen atoms in total. The van der Waals surface area contributed by atoms with E-state index < -0.39 is 6.10 Å². The van der Waals surface area contributed by atoms with Gasteiger partial charge in [-0.1, -0.05) is 51.1 Å². The number of nitrogens with zero attached hydrogens (tertiary/aromatic N) is 1. The van der Waals surface area contributed by atoms with E-state index in [1.54, 1.807) is 4.90 Å². The summed E-state index contributed by atoms with van der Waals surface area (Å²) in [5, 5.41) is 13.0. The van der Waals surface area contributed by atoms with Gasteiger partial charge in [-0.05, 0) is 24.8 Å². The van der Waals surface area contributed by atoms with Crippen molar-refractivity contribution < 1.29 is 9.90 Å². The number of hydrogen-bond acceptors (Lipinski definition) is 2. The summed E-state index contributed by atoms with van der Waals surface area (Å²) >= 11 is 0. The van der Waals surface area contributed by atoms with Crippen LogP contribution in [0.3, 0.4) is 0 Å². The van der Waals surface area contributed by atoms with E-state index in [-0.39, 0.29) is 23.4 Å². The van der Waals surface area contributed by atoms with Crippen LogP contribution in [-0.4, -0.2) is 41.3 Å². The smallest absolute Gasteiger partial charge is 0.317 e. The van der Waals surface area contributed by atoms with Gasteiger partial charge in [-0.25, -0.2) is 4.79 Å². The van der Waals surface area contributed by atoms with Crippen molar-refractivity contribution in [2.24, 2.45) is 5.92 Å². The number of carbonyl (C=O) groups is 1. The second-order valence-electron chi connectivity index (χ2n) is 7.04. The van der Waals surface area contributed by atoms with Crippen molar-refractivity contribution in [2.45, 2.75) is 51.7 Å². The van der Waals surface area contributed by atoms with Crippen molar-refractivity contribution in [2.75, 3.05) is 13.1 Å². The van der Waals surface area contributed by atoms with E-state index in [9.17, 15) is 9.90 Å². The number of aliphatic hydroxyl groups is 1. The Morgan fingerprint density at radius 1 is 1.36 bits per heavy atom. The molecule has 22 heavy (non-hydrogen) atoms. The first kappa shape index (κ1) is 16.8. The molecule has 3 atom stereocenters. The van der Waals surface area contributed by atoms with Gasteiger partial charge >= 0.3 is 6.03 Å². The summed E-state index contributed by atoms with van der Waals surface area (Å²) in [5.74, 6) is 0.266. The quantitative estimate of drug-likeness (QED) is 0.902. The maximum absolute atomic E-state index is 12.4. The number of β-amino-alcohol motifs (C(OH)–C–C–N with tert-alkyl or cyclic N) is 1. The highest BCUT2D eigenvalue weighted by Crippen LogP contribution is 2.27. The molecule has 1 fully saturated rings. The zero-order valence-electron chi connectivity index (χ0n) is 14.0. The molecule has 0 aromatic heterocycles. The number of amides is 2. The van der Waals surface area contributed by atoms with Crippen LogP contribution in [0.5, 0.6) is 0 Å². The number of carbonyl (C=O) groups excluding carboxylic acids is 1. The summed E-state index contributed by atoms with van der Waals surface area (Å²) in [6.07, 6.45) is 0.433. The normalized spacial score (nSPS) is 24.0. The first-order valence-electron chi connectivity index (χ1n) is 8.11. The lowest BCUT2D eigenvalue weighted by atomic mass is 9.78. The number of hydrogen-bond donors (Lipinski definition) is 2. The molecule has 0 bridgehead atoms. The Morgan fingerprint density at radius 3 is 2.59 bits per heavy atom. The highest BCUT2D eigenvalue weighted by molar-refractivity contribution is 5.75. The number of nitrogens with one attached hydrogen (secondary N) is 1. The first-order chi connectivity index (χ1) is 10.3. The van der Waals surface area contributed by atoms with Crippen LogP contribution in [0.25, 0.3) is 0 Å². The van der Waals surface area contributed by atoms with E-state index in [0.717, 1.165) is 6.42 Å². The molecule has 2 rings (SSSR count). The third kappa shape index (κ3) is 3.61. The van der Waals surface area contributed by atoms with Crippen molar-refractivity contribution in [1.82, 2.24) is 10.2 Å². The Kier molecular flexibility index (Phi) is 5.12. The number of urea groups is 1.